The summed E-state index contributed by atoms with van der Waals surface area (Å²) >= 11 is 0. The van der Waals surface area contributed by atoms with Gasteiger partial charge in [-0.1, -0.05) is 6.07 Å². The highest BCUT2D eigenvalue weighted by molar-refractivity contribution is 5.97. The van der Waals surface area contributed by atoms with Crippen LogP contribution in [0.1, 0.15) is 22.8 Å². The predicted octanol–water partition coefficient (Wildman–Crippen LogP) is 2.42. The lowest BCUT2D eigenvalue weighted by atomic mass is 10.2. The van der Waals surface area contributed by atoms with Gasteiger partial charge in [-0.15, -0.1) is 0 Å². The number of nitrogens with one attached hydrogen (secondary N) is 2. The van der Waals surface area contributed by atoms with Crippen molar-refractivity contribution in [3.63, 3.8) is 0 Å². The molecule has 0 aliphatic rings. The van der Waals surface area contributed by atoms with Gasteiger partial charge in [0.15, 0.2) is 0 Å². The van der Waals surface area contributed by atoms with Gasteiger partial charge in [-0.2, -0.15) is 5.10 Å². The summed E-state index contributed by atoms with van der Waals surface area (Å²) in [4.78, 5) is 23.0. The number of amides is 2. The Labute approximate surface area is 134 Å². The van der Waals surface area contributed by atoms with Crippen LogP contribution >= 0.6 is 0 Å². The summed E-state index contributed by atoms with van der Waals surface area (Å²) in [5.41, 5.74) is 4.24. The Kier molecular flexibility index (Phi) is 5.46. The van der Waals surface area contributed by atoms with Crippen molar-refractivity contribution in [3.8, 4) is 5.75 Å². The second kappa shape index (κ2) is 7.74. The van der Waals surface area contributed by atoms with Crippen LogP contribution in [0.5, 0.6) is 5.75 Å². The molecule has 0 aliphatic heterocycles. The first kappa shape index (κ1) is 16.2. The minimum atomic E-state index is -0.359. The van der Waals surface area contributed by atoms with Gasteiger partial charge in [0.05, 0.1) is 13.3 Å². The molecule has 2 amide bonds. The van der Waals surface area contributed by atoms with Crippen molar-refractivity contribution in [1.29, 1.82) is 0 Å². The van der Waals surface area contributed by atoms with E-state index in [-0.39, 0.29) is 11.8 Å². The number of methoxy groups -OCH3 is 1. The second-order valence-electron chi connectivity index (χ2n) is 4.73. The van der Waals surface area contributed by atoms with E-state index >= 15 is 0 Å². The zero-order valence-electron chi connectivity index (χ0n) is 12.9. The van der Waals surface area contributed by atoms with Crippen LogP contribution < -0.4 is 15.5 Å². The van der Waals surface area contributed by atoms with Crippen molar-refractivity contribution in [2.45, 2.75) is 6.92 Å². The van der Waals surface area contributed by atoms with Gasteiger partial charge >= 0.3 is 0 Å². The molecule has 2 aromatic rings. The maximum Gasteiger partial charge on any atom is 0.271 e. The third-order valence-electron chi connectivity index (χ3n) is 2.94. The number of hydrazone groups is 1. The van der Waals surface area contributed by atoms with Crippen LogP contribution in [0.15, 0.2) is 53.6 Å². The van der Waals surface area contributed by atoms with Crippen molar-refractivity contribution in [1.82, 2.24) is 5.43 Å². The highest BCUT2D eigenvalue weighted by Crippen LogP contribution is 2.11. The van der Waals surface area contributed by atoms with Crippen LogP contribution in [0.4, 0.5) is 5.69 Å². The minimum absolute atomic E-state index is 0.194. The molecule has 23 heavy (non-hydrogen) atoms. The van der Waals surface area contributed by atoms with Gasteiger partial charge in [0.2, 0.25) is 5.91 Å². The molecule has 0 radical (unpaired) electrons. The van der Waals surface area contributed by atoms with E-state index in [1.54, 1.807) is 43.5 Å². The van der Waals surface area contributed by atoms with E-state index in [1.165, 1.54) is 13.1 Å². The number of carbonyl (C=O) groups is 2. The molecule has 2 rings (SSSR count). The van der Waals surface area contributed by atoms with Crippen LogP contribution in [0.2, 0.25) is 0 Å². The molecule has 2 aromatic carbocycles. The number of ether oxygens (including phenoxy) is 1. The van der Waals surface area contributed by atoms with Crippen LogP contribution in [0, 0.1) is 0 Å². The second-order valence-corrected chi connectivity index (χ2v) is 4.73. The molecule has 0 aliphatic carbocycles. The van der Waals surface area contributed by atoms with Gasteiger partial charge in [0.1, 0.15) is 5.75 Å². The number of anilines is 1. The summed E-state index contributed by atoms with van der Waals surface area (Å²) in [6.45, 7) is 1.41. The van der Waals surface area contributed by atoms with Gasteiger partial charge in [-0.3, -0.25) is 9.59 Å². The topological polar surface area (TPSA) is 79.8 Å². The van der Waals surface area contributed by atoms with E-state index in [0.29, 0.717) is 11.3 Å². The Morgan fingerprint density at radius 2 is 1.87 bits per heavy atom. The zero-order valence-corrected chi connectivity index (χ0v) is 12.9. The summed E-state index contributed by atoms with van der Waals surface area (Å²) in [5, 5.41) is 6.53. The Balaban J connectivity index is 1.98. The van der Waals surface area contributed by atoms with Crippen LogP contribution in [-0.2, 0) is 4.79 Å². The van der Waals surface area contributed by atoms with Crippen LogP contribution in [-0.4, -0.2) is 25.1 Å². The van der Waals surface area contributed by atoms with Gasteiger partial charge in [0, 0.05) is 18.2 Å². The van der Waals surface area contributed by atoms with Gasteiger partial charge < -0.3 is 10.1 Å². The summed E-state index contributed by atoms with van der Waals surface area (Å²) in [6.07, 6.45) is 1.54. The molecular formula is C17H17N3O3. The Morgan fingerprint density at radius 3 is 2.52 bits per heavy atom. The molecule has 2 N–H and O–H groups in total. The minimum Gasteiger partial charge on any atom is -0.497 e. The largest absolute Gasteiger partial charge is 0.497 e. The first-order valence-corrected chi connectivity index (χ1v) is 6.93. The Bertz CT molecular complexity index is 724. The molecule has 0 unspecified atom stereocenters. The molecule has 0 saturated carbocycles. The molecule has 0 spiro atoms. The molecule has 118 valence electrons. The number of hydrogen-bond donors (Lipinski definition) is 2. The maximum absolute atomic E-state index is 12.0. The molecule has 0 saturated heterocycles. The molecule has 0 heterocycles. The van der Waals surface area contributed by atoms with Gasteiger partial charge in [-0.05, 0) is 48.0 Å². The fraction of sp³-hybridized carbons (Fsp3) is 0.118. The quantitative estimate of drug-likeness (QED) is 0.657. The fourth-order valence-electron chi connectivity index (χ4n) is 1.86. The SMILES string of the molecule is COc1ccc(/C=N\NC(=O)c2cccc(NC(C)=O)c2)cc1. The third kappa shape index (κ3) is 4.96. The lowest BCUT2D eigenvalue weighted by molar-refractivity contribution is -0.114. The average molecular weight is 311 g/mol. The Hall–Kier alpha value is -3.15. The van der Waals surface area contributed by atoms with Crippen molar-refractivity contribution >= 4 is 23.7 Å². The van der Waals surface area contributed by atoms with Gasteiger partial charge in [0.25, 0.3) is 5.91 Å². The maximum atomic E-state index is 12.0. The van der Waals surface area contributed by atoms with Crippen molar-refractivity contribution in [2.24, 2.45) is 5.10 Å². The molecule has 0 bridgehead atoms. The monoisotopic (exact) mass is 311 g/mol. The van der Waals surface area contributed by atoms with E-state index in [0.717, 1.165) is 11.3 Å². The summed E-state index contributed by atoms with van der Waals surface area (Å²) in [5.74, 6) is 0.197. The summed E-state index contributed by atoms with van der Waals surface area (Å²) < 4.78 is 5.06. The lowest BCUT2D eigenvalue weighted by Gasteiger charge is -2.04. The highest BCUT2D eigenvalue weighted by atomic mass is 16.5. The molecule has 6 heteroatoms. The van der Waals surface area contributed by atoms with E-state index in [1.807, 2.05) is 12.1 Å². The van der Waals surface area contributed by atoms with Crippen LogP contribution in [0.25, 0.3) is 0 Å². The lowest BCUT2D eigenvalue weighted by Crippen LogP contribution is -2.18. The van der Waals surface area contributed by atoms with E-state index in [9.17, 15) is 9.59 Å². The van der Waals surface area contributed by atoms with Crippen molar-refractivity contribution in [2.75, 3.05) is 12.4 Å². The van der Waals surface area contributed by atoms with E-state index in [4.69, 9.17) is 4.74 Å². The summed E-state index contributed by atoms with van der Waals surface area (Å²) in [6, 6.07) is 13.9. The summed E-state index contributed by atoms with van der Waals surface area (Å²) in [7, 11) is 1.60. The predicted molar refractivity (Wildman–Crippen MR) is 88.8 cm³/mol. The normalized spacial score (nSPS) is 10.3. The molecule has 0 atom stereocenters. The first-order chi connectivity index (χ1) is 11.1. The number of nitrogens with zero attached hydrogens (tertiary/aromatic N) is 1. The van der Waals surface area contributed by atoms with Crippen molar-refractivity contribution in [3.05, 3.63) is 59.7 Å². The van der Waals surface area contributed by atoms with Gasteiger partial charge in [-0.25, -0.2) is 5.43 Å². The standard InChI is InChI=1S/C17H17N3O3/c1-12(21)19-15-5-3-4-14(10-15)17(22)20-18-11-13-6-8-16(23-2)9-7-13/h3-11H,1-2H3,(H,19,21)(H,20,22)/b18-11-. The molecule has 0 aromatic heterocycles. The van der Waals surface area contributed by atoms with E-state index < -0.39 is 0 Å². The van der Waals surface area contributed by atoms with Crippen molar-refractivity contribution < 1.29 is 14.3 Å². The third-order valence-corrected chi connectivity index (χ3v) is 2.94. The Morgan fingerprint density at radius 1 is 1.13 bits per heavy atom. The first-order valence-electron chi connectivity index (χ1n) is 6.93. The molecular weight excluding hydrogens is 294 g/mol. The zero-order chi connectivity index (χ0) is 16.7. The average Bonchev–Trinajstić information content (AvgIpc) is 2.55. The fourth-order valence-corrected chi connectivity index (χ4v) is 1.86. The number of carbonyl (C=O) groups excluding carboxylic acids is 2. The van der Waals surface area contributed by atoms with E-state index in [2.05, 4.69) is 15.8 Å². The highest BCUT2D eigenvalue weighted by Gasteiger charge is 2.05. The number of benzene rings is 2. The number of hydrogen-bond acceptors (Lipinski definition) is 4. The molecule has 0 fully saturated rings. The number of rotatable bonds is 5. The smallest absolute Gasteiger partial charge is 0.271 e. The molecule has 6 nitrogen and oxygen atoms in total. The van der Waals surface area contributed by atoms with Crippen LogP contribution in [0.3, 0.4) is 0 Å².